The van der Waals surface area contributed by atoms with Crippen molar-refractivity contribution in [2.24, 2.45) is 0 Å². The Morgan fingerprint density at radius 3 is 2.03 bits per heavy atom. The van der Waals surface area contributed by atoms with Crippen molar-refractivity contribution in [2.45, 2.75) is 58.3 Å². The van der Waals surface area contributed by atoms with Crippen molar-refractivity contribution in [3.63, 3.8) is 0 Å². The fourth-order valence-corrected chi connectivity index (χ4v) is 3.30. The van der Waals surface area contributed by atoms with E-state index in [1.165, 1.54) is 27.7 Å². The normalized spacial score (nSPS) is 25.1. The second kappa shape index (κ2) is 11.1. The Hall–Kier alpha value is -2.66. The monoisotopic (exact) mass is 501 g/mol. The van der Waals surface area contributed by atoms with Gasteiger partial charge in [0.25, 0.3) is 0 Å². The van der Waals surface area contributed by atoms with Crippen LogP contribution in [-0.4, -0.2) is 61.1 Å². The highest BCUT2D eigenvalue weighted by Gasteiger charge is 2.51. The minimum Gasteiger partial charge on any atom is -0.463 e. The molecule has 1 fully saturated rings. The first-order valence-corrected chi connectivity index (χ1v) is 10.2. The number of ether oxygens (including phenoxy) is 5. The van der Waals surface area contributed by atoms with E-state index in [-0.39, 0.29) is 6.61 Å². The van der Waals surface area contributed by atoms with E-state index in [9.17, 15) is 19.2 Å². The van der Waals surface area contributed by atoms with Crippen LogP contribution in [0, 0.1) is 0 Å². The van der Waals surface area contributed by atoms with Crippen LogP contribution in [0.3, 0.4) is 0 Å². The third kappa shape index (κ3) is 7.51. The van der Waals surface area contributed by atoms with Crippen molar-refractivity contribution in [1.29, 1.82) is 0 Å². The van der Waals surface area contributed by atoms with Crippen LogP contribution in [0.25, 0.3) is 0 Å². The predicted octanol–water partition coefficient (Wildman–Crippen LogP) is 1.48. The number of carbonyl (C=O) groups is 4. The molecule has 31 heavy (non-hydrogen) atoms. The zero-order valence-corrected chi connectivity index (χ0v) is 19.0. The quantitative estimate of drug-likeness (QED) is 0.436. The van der Waals surface area contributed by atoms with Gasteiger partial charge in [-0.15, -0.1) is 0 Å². The molecule has 170 valence electrons. The lowest BCUT2D eigenvalue weighted by Gasteiger charge is -2.44. The minimum atomic E-state index is -1.17. The Morgan fingerprint density at radius 2 is 1.52 bits per heavy atom. The van der Waals surface area contributed by atoms with E-state index in [1.807, 2.05) is 0 Å². The van der Waals surface area contributed by atoms with Gasteiger partial charge in [-0.2, -0.15) is 0 Å². The van der Waals surface area contributed by atoms with Gasteiger partial charge < -0.3 is 29.0 Å². The summed E-state index contributed by atoms with van der Waals surface area (Å²) in [6.07, 6.45) is -4.51. The molecule has 1 aromatic carbocycles. The van der Waals surface area contributed by atoms with Crippen molar-refractivity contribution in [2.75, 3.05) is 6.61 Å². The van der Waals surface area contributed by atoms with Gasteiger partial charge in [0.15, 0.2) is 12.2 Å². The summed E-state index contributed by atoms with van der Waals surface area (Å²) in [6, 6.07) is 5.79. The molecular weight excluding hydrogens is 478 g/mol. The standard InChI is InChI=1S/C20H24BrNO9/c1-10(23)22-17-19(29-13(4)26)18(28-12(3)25)16(9-27-11(2)24)31-20(17)30-15-7-5-14(21)6-8-15/h5-8,16-20H,9H2,1-4H3,(H,22,23)/t16-,17+,18-,19+,20-/m1/s1. The van der Waals surface area contributed by atoms with Gasteiger partial charge in [-0.3, -0.25) is 19.2 Å². The molecular formula is C20H24BrNO9. The fraction of sp³-hybridized carbons (Fsp3) is 0.500. The average Bonchev–Trinajstić information content (AvgIpc) is 2.65. The molecule has 0 radical (unpaired) electrons. The van der Waals surface area contributed by atoms with Crippen LogP contribution in [0.5, 0.6) is 5.75 Å². The Morgan fingerprint density at radius 1 is 0.935 bits per heavy atom. The minimum absolute atomic E-state index is 0.294. The topological polar surface area (TPSA) is 126 Å². The zero-order valence-electron chi connectivity index (χ0n) is 17.5. The molecule has 1 amide bonds. The van der Waals surface area contributed by atoms with Crippen LogP contribution < -0.4 is 10.1 Å². The number of nitrogens with one attached hydrogen (secondary N) is 1. The molecule has 1 aliphatic rings. The summed E-state index contributed by atoms with van der Waals surface area (Å²) in [4.78, 5) is 46.7. The van der Waals surface area contributed by atoms with Crippen LogP contribution in [-0.2, 0) is 38.1 Å². The molecule has 0 unspecified atom stereocenters. The van der Waals surface area contributed by atoms with E-state index in [0.717, 1.165) is 4.47 Å². The summed E-state index contributed by atoms with van der Waals surface area (Å²) in [7, 11) is 0. The molecule has 10 nitrogen and oxygen atoms in total. The first-order valence-electron chi connectivity index (χ1n) is 9.39. The van der Waals surface area contributed by atoms with Crippen LogP contribution in [0.2, 0.25) is 0 Å². The fourth-order valence-electron chi connectivity index (χ4n) is 3.04. The summed E-state index contributed by atoms with van der Waals surface area (Å²) in [5.74, 6) is -1.97. The van der Waals surface area contributed by atoms with Crippen LogP contribution in [0.1, 0.15) is 27.7 Å². The molecule has 0 aromatic heterocycles. The number of hydrogen-bond acceptors (Lipinski definition) is 9. The van der Waals surface area contributed by atoms with Crippen molar-refractivity contribution >= 4 is 39.7 Å². The molecule has 1 aromatic rings. The van der Waals surface area contributed by atoms with Crippen molar-refractivity contribution in [3.05, 3.63) is 28.7 Å². The molecule has 1 heterocycles. The van der Waals surface area contributed by atoms with E-state index < -0.39 is 54.5 Å². The molecule has 1 aliphatic heterocycles. The lowest BCUT2D eigenvalue weighted by Crippen LogP contribution is -2.67. The van der Waals surface area contributed by atoms with E-state index >= 15 is 0 Å². The highest BCUT2D eigenvalue weighted by atomic mass is 79.9. The van der Waals surface area contributed by atoms with Crippen LogP contribution >= 0.6 is 15.9 Å². The smallest absolute Gasteiger partial charge is 0.303 e. The molecule has 0 spiro atoms. The number of halogens is 1. The summed E-state index contributed by atoms with van der Waals surface area (Å²) in [5.41, 5.74) is 0. The zero-order chi connectivity index (χ0) is 23.1. The third-order valence-electron chi connectivity index (χ3n) is 4.14. The maximum absolute atomic E-state index is 11.9. The van der Waals surface area contributed by atoms with Gasteiger partial charge in [0.05, 0.1) is 0 Å². The van der Waals surface area contributed by atoms with Crippen molar-refractivity contribution < 1.29 is 42.9 Å². The highest BCUT2D eigenvalue weighted by molar-refractivity contribution is 9.10. The second-order valence-electron chi connectivity index (χ2n) is 6.79. The highest BCUT2D eigenvalue weighted by Crippen LogP contribution is 2.29. The van der Waals surface area contributed by atoms with E-state index in [2.05, 4.69) is 21.2 Å². The molecule has 5 atom stereocenters. The van der Waals surface area contributed by atoms with Gasteiger partial charge in [-0.05, 0) is 24.3 Å². The van der Waals surface area contributed by atoms with Crippen molar-refractivity contribution in [1.82, 2.24) is 5.32 Å². The Bertz CT molecular complexity index is 813. The number of hydrogen-bond donors (Lipinski definition) is 1. The predicted molar refractivity (Wildman–Crippen MR) is 109 cm³/mol. The van der Waals surface area contributed by atoms with Gasteiger partial charge in [0.1, 0.15) is 24.5 Å². The molecule has 0 aliphatic carbocycles. The van der Waals surface area contributed by atoms with Gasteiger partial charge in [0.2, 0.25) is 12.2 Å². The maximum atomic E-state index is 11.9. The number of rotatable bonds is 7. The summed E-state index contributed by atoms with van der Waals surface area (Å²) < 4.78 is 28.4. The van der Waals surface area contributed by atoms with Crippen LogP contribution in [0.15, 0.2) is 28.7 Å². The molecule has 0 bridgehead atoms. The first kappa shape index (κ1) is 24.6. The van der Waals surface area contributed by atoms with Gasteiger partial charge in [-0.25, -0.2) is 0 Å². The second-order valence-corrected chi connectivity index (χ2v) is 7.71. The maximum Gasteiger partial charge on any atom is 0.303 e. The van der Waals surface area contributed by atoms with Crippen LogP contribution in [0.4, 0.5) is 0 Å². The molecule has 11 heteroatoms. The Labute approximate surface area is 187 Å². The van der Waals surface area contributed by atoms with E-state index in [0.29, 0.717) is 5.75 Å². The molecule has 1 saturated heterocycles. The van der Waals surface area contributed by atoms with E-state index in [4.69, 9.17) is 23.7 Å². The first-order chi connectivity index (χ1) is 14.6. The lowest BCUT2D eigenvalue weighted by atomic mass is 9.96. The Balaban J connectivity index is 2.43. The number of carbonyl (C=O) groups excluding carboxylic acids is 4. The SMILES string of the molecule is CC(=O)N[C@@H]1[C@H](Oc2ccc(Br)cc2)O[C@H](COC(C)=O)[C@@H](OC(C)=O)[C@H]1OC(C)=O. The number of esters is 3. The largest absolute Gasteiger partial charge is 0.463 e. The summed E-state index contributed by atoms with van der Waals surface area (Å²) in [5, 5.41) is 2.63. The number of benzene rings is 1. The van der Waals surface area contributed by atoms with Gasteiger partial charge >= 0.3 is 17.9 Å². The third-order valence-corrected chi connectivity index (χ3v) is 4.67. The molecule has 1 N–H and O–H groups in total. The van der Waals surface area contributed by atoms with Crippen molar-refractivity contribution in [3.8, 4) is 5.75 Å². The average molecular weight is 502 g/mol. The molecule has 2 rings (SSSR count). The van der Waals surface area contributed by atoms with Gasteiger partial charge in [-0.1, -0.05) is 15.9 Å². The summed E-state index contributed by atoms with van der Waals surface area (Å²) >= 11 is 3.33. The lowest BCUT2D eigenvalue weighted by molar-refractivity contribution is -0.257. The summed E-state index contributed by atoms with van der Waals surface area (Å²) in [6.45, 7) is 4.54. The van der Waals surface area contributed by atoms with Gasteiger partial charge in [0, 0.05) is 32.2 Å². The molecule has 0 saturated carbocycles. The van der Waals surface area contributed by atoms with E-state index in [1.54, 1.807) is 24.3 Å². The number of amides is 1. The Kier molecular flexibility index (Phi) is 8.81.